The van der Waals surface area contributed by atoms with Gasteiger partial charge in [0.05, 0.1) is 0 Å². The van der Waals surface area contributed by atoms with E-state index in [0.29, 0.717) is 32.1 Å². The number of carbonyl (C=O) groups is 5. The summed E-state index contributed by atoms with van der Waals surface area (Å²) in [4.78, 5) is 56.8. The summed E-state index contributed by atoms with van der Waals surface area (Å²) in [6.45, 7) is 2.14. The van der Waals surface area contributed by atoms with Gasteiger partial charge in [-0.1, -0.05) is 45.4 Å². The molecule has 0 radical (unpaired) electrons. The third-order valence-electron chi connectivity index (χ3n) is 4.86. The van der Waals surface area contributed by atoms with Crippen molar-refractivity contribution in [1.82, 2.24) is 10.6 Å². The number of hydrogen-bond donors (Lipinski definition) is 5. The number of carboxylic acids is 3. The summed E-state index contributed by atoms with van der Waals surface area (Å²) in [6.07, 6.45) is 7.66. The second kappa shape index (κ2) is 17.1. The van der Waals surface area contributed by atoms with Gasteiger partial charge in [0, 0.05) is 19.3 Å². The van der Waals surface area contributed by atoms with Gasteiger partial charge in [-0.2, -0.15) is 0 Å². The number of rotatable bonds is 19. The molecule has 0 aliphatic rings. The van der Waals surface area contributed by atoms with Crippen LogP contribution in [0.3, 0.4) is 0 Å². The van der Waals surface area contributed by atoms with Crippen LogP contribution < -0.4 is 10.6 Å². The minimum Gasteiger partial charge on any atom is -0.481 e. The molecule has 0 spiro atoms. The molecule has 0 saturated carbocycles. The second-order valence-corrected chi connectivity index (χ2v) is 7.63. The summed E-state index contributed by atoms with van der Waals surface area (Å²) in [5, 5.41) is 31.2. The van der Waals surface area contributed by atoms with E-state index >= 15 is 0 Å². The van der Waals surface area contributed by atoms with E-state index in [1.807, 2.05) is 0 Å². The lowest BCUT2D eigenvalue weighted by Gasteiger charge is -2.18. The van der Waals surface area contributed by atoms with E-state index < -0.39 is 42.4 Å². The van der Waals surface area contributed by atoms with Gasteiger partial charge in [-0.25, -0.2) is 14.4 Å². The molecule has 0 aromatic carbocycles. The molecule has 2 amide bonds. The summed E-state index contributed by atoms with van der Waals surface area (Å²) in [5.41, 5.74) is 0. The van der Waals surface area contributed by atoms with Crippen LogP contribution in [-0.2, 0) is 19.2 Å². The lowest BCUT2D eigenvalue weighted by molar-refractivity contribution is -0.140. The molecule has 0 bridgehead atoms. The highest BCUT2D eigenvalue weighted by Gasteiger charge is 2.24. The summed E-state index contributed by atoms with van der Waals surface area (Å²) in [5.74, 6) is -3.65. The number of aliphatic carboxylic acids is 3. The van der Waals surface area contributed by atoms with Crippen molar-refractivity contribution in [3.8, 4) is 0 Å². The lowest BCUT2D eigenvalue weighted by atomic mass is 10.0. The normalized spacial score (nSPS) is 12.5. The SMILES string of the molecule is CCCCCCCC(=O)CCCCC[C@H](NC(=O)N[C@@H](CCC(=O)O)C(=O)O)C(=O)O. The third kappa shape index (κ3) is 15.8. The predicted octanol–water partition coefficient (Wildman–Crippen LogP) is 2.94. The molecule has 2 atom stereocenters. The number of Topliss-reactive ketones (excluding diaryl/α,β-unsaturated/α-hetero) is 1. The Morgan fingerprint density at radius 3 is 1.61 bits per heavy atom. The van der Waals surface area contributed by atoms with Gasteiger partial charge in [0.1, 0.15) is 17.9 Å². The summed E-state index contributed by atoms with van der Waals surface area (Å²) >= 11 is 0. The number of amides is 2. The van der Waals surface area contributed by atoms with Crippen molar-refractivity contribution in [3.63, 3.8) is 0 Å². The lowest BCUT2D eigenvalue weighted by Crippen LogP contribution is -2.51. The van der Waals surface area contributed by atoms with Crippen LogP contribution in [-0.4, -0.2) is 57.1 Å². The van der Waals surface area contributed by atoms with Crippen molar-refractivity contribution in [2.75, 3.05) is 0 Å². The number of carboxylic acid groups (broad SMARTS) is 3. The molecule has 0 heterocycles. The number of hydrogen-bond acceptors (Lipinski definition) is 5. The molecule has 0 aromatic rings. The van der Waals surface area contributed by atoms with Crippen LogP contribution in [0.1, 0.15) is 90.4 Å². The molecule has 0 rings (SSSR count). The minimum atomic E-state index is -1.43. The van der Waals surface area contributed by atoms with Gasteiger partial charge in [0.25, 0.3) is 0 Å². The van der Waals surface area contributed by atoms with Gasteiger partial charge in [0.2, 0.25) is 0 Å². The molecule has 5 N–H and O–H groups in total. The second-order valence-electron chi connectivity index (χ2n) is 7.63. The fourth-order valence-corrected chi connectivity index (χ4v) is 3.04. The molecule has 178 valence electrons. The van der Waals surface area contributed by atoms with Crippen LogP contribution in [0.2, 0.25) is 0 Å². The Kier molecular flexibility index (Phi) is 15.6. The topological polar surface area (TPSA) is 170 Å². The number of urea groups is 1. The zero-order chi connectivity index (χ0) is 23.6. The molecule has 31 heavy (non-hydrogen) atoms. The van der Waals surface area contributed by atoms with Gasteiger partial charge >= 0.3 is 23.9 Å². The van der Waals surface area contributed by atoms with Gasteiger partial charge in [-0.15, -0.1) is 0 Å². The number of nitrogens with one attached hydrogen (secondary N) is 2. The summed E-state index contributed by atoms with van der Waals surface area (Å²) < 4.78 is 0. The molecule has 10 heteroatoms. The van der Waals surface area contributed by atoms with Crippen molar-refractivity contribution in [3.05, 3.63) is 0 Å². The van der Waals surface area contributed by atoms with Gasteiger partial charge < -0.3 is 26.0 Å². The highest BCUT2D eigenvalue weighted by atomic mass is 16.4. The standard InChI is InChI=1S/C21H36N2O8/c1-2-3-4-5-7-10-15(24)11-8-6-9-12-16(19(27)28)22-21(31)23-17(20(29)30)13-14-18(25)26/h16-17H,2-14H2,1H3,(H,25,26)(H,27,28)(H,29,30)(H2,22,23,31)/t16-,17-/m0/s1. The first-order chi connectivity index (χ1) is 14.7. The average Bonchev–Trinajstić information content (AvgIpc) is 2.69. The Hall–Kier alpha value is -2.65. The summed E-state index contributed by atoms with van der Waals surface area (Å²) in [6, 6.07) is -3.62. The Balaban J connectivity index is 4.19. The van der Waals surface area contributed by atoms with Gasteiger partial charge in [-0.05, 0) is 25.7 Å². The van der Waals surface area contributed by atoms with Crippen LogP contribution >= 0.6 is 0 Å². The Labute approximate surface area is 182 Å². The quantitative estimate of drug-likeness (QED) is 0.189. The van der Waals surface area contributed by atoms with Crippen LogP contribution in [0.25, 0.3) is 0 Å². The van der Waals surface area contributed by atoms with Gasteiger partial charge in [0.15, 0.2) is 0 Å². The van der Waals surface area contributed by atoms with Crippen LogP contribution in [0.15, 0.2) is 0 Å². The number of ketones is 1. The van der Waals surface area contributed by atoms with E-state index in [0.717, 1.165) is 25.7 Å². The molecule has 0 unspecified atom stereocenters. The first-order valence-electron chi connectivity index (χ1n) is 10.9. The van der Waals surface area contributed by atoms with Crippen molar-refractivity contribution in [1.29, 1.82) is 0 Å². The Morgan fingerprint density at radius 1 is 0.645 bits per heavy atom. The highest BCUT2D eigenvalue weighted by molar-refractivity contribution is 5.86. The molecule has 0 saturated heterocycles. The average molecular weight is 445 g/mol. The van der Waals surface area contributed by atoms with Crippen molar-refractivity contribution in [2.45, 2.75) is 102 Å². The molecule has 0 aromatic heterocycles. The fraction of sp³-hybridized carbons (Fsp3) is 0.762. The van der Waals surface area contributed by atoms with Gasteiger partial charge in [-0.3, -0.25) is 9.59 Å². The van der Waals surface area contributed by atoms with Crippen LogP contribution in [0.4, 0.5) is 4.79 Å². The number of unbranched alkanes of at least 4 members (excludes halogenated alkanes) is 6. The fourth-order valence-electron chi connectivity index (χ4n) is 3.04. The molecule has 0 fully saturated rings. The summed E-state index contributed by atoms with van der Waals surface area (Å²) in [7, 11) is 0. The Bertz CT molecular complexity index is 594. The molecule has 0 aliphatic heterocycles. The maximum Gasteiger partial charge on any atom is 0.326 e. The largest absolute Gasteiger partial charge is 0.481 e. The molecular weight excluding hydrogens is 408 g/mol. The van der Waals surface area contributed by atoms with Crippen molar-refractivity contribution < 1.29 is 39.3 Å². The van der Waals surface area contributed by atoms with E-state index in [1.54, 1.807) is 0 Å². The van der Waals surface area contributed by atoms with Crippen molar-refractivity contribution >= 4 is 29.7 Å². The predicted molar refractivity (Wildman–Crippen MR) is 113 cm³/mol. The zero-order valence-electron chi connectivity index (χ0n) is 18.2. The zero-order valence-corrected chi connectivity index (χ0v) is 18.2. The van der Waals surface area contributed by atoms with Crippen molar-refractivity contribution in [2.24, 2.45) is 0 Å². The monoisotopic (exact) mass is 444 g/mol. The van der Waals surface area contributed by atoms with Crippen LogP contribution in [0, 0.1) is 0 Å². The smallest absolute Gasteiger partial charge is 0.326 e. The molecule has 10 nitrogen and oxygen atoms in total. The first-order valence-corrected chi connectivity index (χ1v) is 10.9. The molecule has 0 aliphatic carbocycles. The van der Waals surface area contributed by atoms with E-state index in [-0.39, 0.29) is 18.6 Å². The van der Waals surface area contributed by atoms with E-state index in [4.69, 9.17) is 10.2 Å². The Morgan fingerprint density at radius 2 is 1.13 bits per heavy atom. The maximum atomic E-state index is 11.9. The maximum absolute atomic E-state index is 11.9. The van der Waals surface area contributed by atoms with Crippen LogP contribution in [0.5, 0.6) is 0 Å². The molecular formula is C21H36N2O8. The van der Waals surface area contributed by atoms with E-state index in [2.05, 4.69) is 17.6 Å². The third-order valence-corrected chi connectivity index (χ3v) is 4.86. The van der Waals surface area contributed by atoms with E-state index in [9.17, 15) is 29.1 Å². The van der Waals surface area contributed by atoms with E-state index in [1.165, 1.54) is 6.42 Å². The minimum absolute atomic E-state index is 0.140. The first kappa shape index (κ1) is 28.4. The highest BCUT2D eigenvalue weighted by Crippen LogP contribution is 2.11. The number of carbonyl (C=O) groups excluding carboxylic acids is 2.